The van der Waals surface area contributed by atoms with Gasteiger partial charge in [-0.05, 0) is 37.0 Å². The molecule has 1 amide bonds. The van der Waals surface area contributed by atoms with Crippen molar-refractivity contribution in [2.75, 3.05) is 6.54 Å². The number of ketones is 1. The number of likely N-dealkylation sites (tertiary alicyclic amines) is 1. The Morgan fingerprint density at radius 1 is 1.19 bits per heavy atom. The first-order valence-electron chi connectivity index (χ1n) is 9.14. The fraction of sp³-hybridized carbons (Fsp3) is 0.381. The van der Waals surface area contributed by atoms with Gasteiger partial charge in [0.25, 0.3) is 0 Å². The number of aliphatic hydroxyl groups excluding tert-OH is 1. The lowest BCUT2D eigenvalue weighted by atomic mass is 9.85. The van der Waals surface area contributed by atoms with E-state index in [0.29, 0.717) is 12.1 Å². The molecule has 0 spiro atoms. The highest BCUT2D eigenvalue weighted by Crippen LogP contribution is 2.27. The first-order valence-corrected chi connectivity index (χ1v) is 9.14. The van der Waals surface area contributed by atoms with Crippen molar-refractivity contribution in [1.29, 1.82) is 0 Å². The highest BCUT2D eigenvalue weighted by molar-refractivity contribution is 5.94. The third kappa shape index (κ3) is 4.92. The van der Waals surface area contributed by atoms with Crippen LogP contribution < -0.4 is 0 Å². The molecule has 3 atom stereocenters. The van der Waals surface area contributed by atoms with Crippen LogP contribution in [-0.2, 0) is 11.3 Å². The number of aromatic nitrogens is 1. The summed E-state index contributed by atoms with van der Waals surface area (Å²) in [6.45, 7) is 2.27. The molecule has 0 aliphatic carbocycles. The van der Waals surface area contributed by atoms with Crippen LogP contribution in [0.3, 0.4) is 0 Å². The van der Waals surface area contributed by atoms with Crippen molar-refractivity contribution in [3.05, 3.63) is 66.0 Å². The van der Waals surface area contributed by atoms with Gasteiger partial charge in [0.05, 0.1) is 12.6 Å². The predicted octanol–water partition coefficient (Wildman–Crippen LogP) is 3.06. The Bertz CT molecular complexity index is 766. The fourth-order valence-electron chi connectivity index (χ4n) is 3.40. The Morgan fingerprint density at radius 2 is 1.93 bits per heavy atom. The number of amides is 1. The Balaban J connectivity index is 1.54. The zero-order chi connectivity index (χ0) is 19.2. The van der Waals surface area contributed by atoms with Gasteiger partial charge < -0.3 is 14.7 Å². The maximum atomic E-state index is 12.4. The van der Waals surface area contributed by atoms with E-state index in [2.05, 4.69) is 4.98 Å². The number of Topliss-reactive ketones (excluding diaryl/α,β-unsaturated/α-hetero) is 1. The summed E-state index contributed by atoms with van der Waals surface area (Å²) in [7, 11) is 0. The number of hydrogen-bond donors (Lipinski definition) is 1. The summed E-state index contributed by atoms with van der Waals surface area (Å²) >= 11 is 0. The van der Waals surface area contributed by atoms with E-state index in [9.17, 15) is 14.7 Å². The van der Waals surface area contributed by atoms with Crippen LogP contribution in [0.5, 0.6) is 0 Å². The fourth-order valence-corrected chi connectivity index (χ4v) is 3.40. The van der Waals surface area contributed by atoms with Gasteiger partial charge in [-0.1, -0.05) is 36.4 Å². The molecule has 0 saturated carbocycles. The van der Waals surface area contributed by atoms with Gasteiger partial charge >= 0.3 is 6.09 Å². The van der Waals surface area contributed by atoms with Crippen molar-refractivity contribution in [2.24, 2.45) is 5.92 Å². The summed E-state index contributed by atoms with van der Waals surface area (Å²) < 4.78 is 5.37. The molecule has 27 heavy (non-hydrogen) atoms. The van der Waals surface area contributed by atoms with Gasteiger partial charge in [0.15, 0.2) is 5.78 Å². The van der Waals surface area contributed by atoms with Crippen molar-refractivity contribution >= 4 is 11.9 Å². The molecule has 6 heteroatoms. The van der Waals surface area contributed by atoms with Crippen LogP contribution in [0.2, 0.25) is 0 Å². The van der Waals surface area contributed by atoms with Crippen LogP contribution in [0.15, 0.2) is 54.7 Å². The smallest absolute Gasteiger partial charge is 0.410 e. The normalized spacial score (nSPS) is 22.3. The average molecular weight is 368 g/mol. The molecule has 6 nitrogen and oxygen atoms in total. The van der Waals surface area contributed by atoms with Gasteiger partial charge in [-0.25, -0.2) is 4.79 Å². The second kappa shape index (κ2) is 8.77. The third-order valence-corrected chi connectivity index (χ3v) is 4.94. The van der Waals surface area contributed by atoms with Crippen LogP contribution in [-0.4, -0.2) is 45.6 Å². The lowest BCUT2D eigenvalue weighted by Gasteiger charge is -2.39. The number of pyridine rings is 1. The number of hydrogen-bond acceptors (Lipinski definition) is 5. The van der Waals surface area contributed by atoms with Crippen LogP contribution in [0.1, 0.15) is 35.8 Å². The number of β-amino-alcohol motifs (C(OH)–C–C–N with tert-alkyl or cyclic N) is 1. The Hall–Kier alpha value is -2.73. The zero-order valence-electron chi connectivity index (χ0n) is 15.3. The van der Waals surface area contributed by atoms with E-state index in [0.717, 1.165) is 5.56 Å². The van der Waals surface area contributed by atoms with E-state index in [1.54, 1.807) is 24.4 Å². The first-order chi connectivity index (χ1) is 13.0. The van der Waals surface area contributed by atoms with E-state index < -0.39 is 12.2 Å². The number of carbonyl (C=O) groups is 2. The number of benzene rings is 1. The highest BCUT2D eigenvalue weighted by atomic mass is 16.6. The zero-order valence-corrected chi connectivity index (χ0v) is 15.3. The standard InChI is InChI=1S/C21H24N2O4/c1-15-11-17(12-19(24)18-9-5-6-10-22-18)20(25)13-23(15)21(26)27-14-16-7-3-2-4-8-16/h2-10,15,17,20,25H,11-14H2,1H3. The van der Waals surface area contributed by atoms with E-state index in [1.807, 2.05) is 37.3 Å². The molecular formula is C21H24N2O4. The summed E-state index contributed by atoms with van der Waals surface area (Å²) in [5.74, 6) is -0.292. The van der Waals surface area contributed by atoms with Crippen LogP contribution >= 0.6 is 0 Å². The second-order valence-corrected chi connectivity index (χ2v) is 6.95. The maximum Gasteiger partial charge on any atom is 0.410 e. The van der Waals surface area contributed by atoms with Crippen molar-refractivity contribution < 1.29 is 19.4 Å². The Morgan fingerprint density at radius 3 is 2.63 bits per heavy atom. The predicted molar refractivity (Wildman–Crippen MR) is 100 cm³/mol. The molecule has 1 aliphatic rings. The quantitative estimate of drug-likeness (QED) is 0.821. The van der Waals surface area contributed by atoms with Gasteiger partial charge in [0.2, 0.25) is 0 Å². The minimum absolute atomic E-state index is 0.0908. The highest BCUT2D eigenvalue weighted by Gasteiger charge is 2.36. The number of carbonyl (C=O) groups excluding carboxylic acids is 2. The second-order valence-electron chi connectivity index (χ2n) is 6.95. The van der Waals surface area contributed by atoms with Crippen LogP contribution in [0, 0.1) is 5.92 Å². The molecule has 1 aromatic heterocycles. The minimum Gasteiger partial charge on any atom is -0.445 e. The summed E-state index contributed by atoms with van der Waals surface area (Å²) in [6.07, 6.45) is 1.13. The molecule has 1 N–H and O–H groups in total. The summed E-state index contributed by atoms with van der Waals surface area (Å²) in [4.78, 5) is 30.4. The maximum absolute atomic E-state index is 12.4. The van der Waals surface area contributed by atoms with Gasteiger partial charge in [-0.3, -0.25) is 9.78 Å². The number of piperidine rings is 1. The van der Waals surface area contributed by atoms with Crippen molar-refractivity contribution in [3.8, 4) is 0 Å². The molecule has 1 saturated heterocycles. The van der Waals surface area contributed by atoms with Gasteiger partial charge in [-0.15, -0.1) is 0 Å². The Kier molecular flexibility index (Phi) is 6.19. The van der Waals surface area contributed by atoms with E-state index in [1.165, 1.54) is 4.90 Å². The number of rotatable bonds is 5. The molecule has 3 unspecified atom stereocenters. The molecule has 3 rings (SSSR count). The molecule has 2 heterocycles. The van der Waals surface area contributed by atoms with Gasteiger partial charge in [0.1, 0.15) is 12.3 Å². The topological polar surface area (TPSA) is 79.7 Å². The molecule has 1 aliphatic heterocycles. The summed E-state index contributed by atoms with van der Waals surface area (Å²) in [5, 5.41) is 10.5. The molecular weight excluding hydrogens is 344 g/mol. The third-order valence-electron chi connectivity index (χ3n) is 4.94. The molecule has 2 aromatic rings. The summed E-state index contributed by atoms with van der Waals surface area (Å²) in [5.41, 5.74) is 1.32. The van der Waals surface area contributed by atoms with Crippen LogP contribution in [0.4, 0.5) is 4.79 Å². The molecule has 0 bridgehead atoms. The minimum atomic E-state index is -0.766. The van der Waals surface area contributed by atoms with Crippen LogP contribution in [0.25, 0.3) is 0 Å². The lowest BCUT2D eigenvalue weighted by Crippen LogP contribution is -2.51. The van der Waals surface area contributed by atoms with E-state index in [-0.39, 0.29) is 37.3 Å². The van der Waals surface area contributed by atoms with E-state index >= 15 is 0 Å². The monoisotopic (exact) mass is 368 g/mol. The average Bonchev–Trinajstić information content (AvgIpc) is 2.70. The Labute approximate surface area is 158 Å². The van der Waals surface area contributed by atoms with Crippen molar-refractivity contribution in [3.63, 3.8) is 0 Å². The lowest BCUT2D eigenvalue weighted by molar-refractivity contribution is -0.00911. The SMILES string of the molecule is CC1CC(CC(=O)c2ccccn2)C(O)CN1C(=O)OCc1ccccc1. The number of ether oxygens (including phenoxy) is 1. The molecule has 1 fully saturated rings. The van der Waals surface area contributed by atoms with Crippen molar-refractivity contribution in [2.45, 2.75) is 38.5 Å². The number of aliphatic hydroxyl groups is 1. The van der Waals surface area contributed by atoms with E-state index in [4.69, 9.17) is 4.74 Å². The van der Waals surface area contributed by atoms with Gasteiger partial charge in [-0.2, -0.15) is 0 Å². The summed E-state index contributed by atoms with van der Waals surface area (Å²) in [6, 6.07) is 14.5. The molecule has 142 valence electrons. The largest absolute Gasteiger partial charge is 0.445 e. The molecule has 0 radical (unpaired) electrons. The van der Waals surface area contributed by atoms with Crippen molar-refractivity contribution in [1.82, 2.24) is 9.88 Å². The van der Waals surface area contributed by atoms with Gasteiger partial charge in [0, 0.05) is 18.7 Å². The molecule has 1 aromatic carbocycles. The number of nitrogens with zero attached hydrogens (tertiary/aromatic N) is 2. The first kappa shape index (κ1) is 19.0.